The Hall–Kier alpha value is -1.15. The minimum Gasteiger partial charge on any atom is -0.298 e. The number of fused-ring (bicyclic) bond motifs is 1. The molecule has 1 aromatic carbocycles. The van der Waals surface area contributed by atoms with Crippen LogP contribution < -0.4 is 0 Å². The molecule has 2 rings (SSSR count). The van der Waals surface area contributed by atoms with Crippen molar-refractivity contribution in [2.45, 2.75) is 6.92 Å². The van der Waals surface area contributed by atoms with E-state index in [9.17, 15) is 4.79 Å². The zero-order chi connectivity index (χ0) is 8.55. The van der Waals surface area contributed by atoms with Crippen molar-refractivity contribution in [2.75, 3.05) is 0 Å². The fraction of sp³-hybridized carbons (Fsp3) is 0.100. The van der Waals surface area contributed by atoms with Gasteiger partial charge in [0, 0.05) is 20.5 Å². The van der Waals surface area contributed by atoms with Crippen LogP contribution in [0.4, 0.5) is 0 Å². The van der Waals surface area contributed by atoms with Gasteiger partial charge in [-0.2, -0.15) is 0 Å². The first-order valence-corrected chi connectivity index (χ1v) is 4.57. The van der Waals surface area contributed by atoms with Gasteiger partial charge in [-0.1, -0.05) is 12.1 Å². The molecule has 2 aromatic rings. The quantitative estimate of drug-likeness (QED) is 0.610. The Balaban J connectivity index is 2.86. The van der Waals surface area contributed by atoms with E-state index in [1.807, 2.05) is 18.2 Å². The molecule has 0 saturated carbocycles. The van der Waals surface area contributed by atoms with Gasteiger partial charge < -0.3 is 0 Å². The molecule has 0 saturated heterocycles. The van der Waals surface area contributed by atoms with E-state index in [4.69, 9.17) is 0 Å². The normalized spacial score (nSPS) is 10.4. The van der Waals surface area contributed by atoms with Crippen molar-refractivity contribution in [2.24, 2.45) is 0 Å². The second-order valence-electron chi connectivity index (χ2n) is 2.73. The Kier molecular flexibility index (Phi) is 1.70. The topological polar surface area (TPSA) is 17.1 Å². The zero-order valence-electron chi connectivity index (χ0n) is 6.70. The van der Waals surface area contributed by atoms with Gasteiger partial charge in [0.15, 0.2) is 6.29 Å². The molecule has 0 amide bonds. The predicted octanol–water partition coefficient (Wildman–Crippen LogP) is 3.02. The number of rotatable bonds is 1. The molecule has 0 atom stereocenters. The van der Waals surface area contributed by atoms with E-state index in [1.165, 1.54) is 9.58 Å². The van der Waals surface area contributed by atoms with Gasteiger partial charge in [0.2, 0.25) is 0 Å². The van der Waals surface area contributed by atoms with Gasteiger partial charge in [0.05, 0.1) is 0 Å². The third-order valence-electron chi connectivity index (χ3n) is 1.85. The summed E-state index contributed by atoms with van der Waals surface area (Å²) in [5.41, 5.74) is 0.789. The highest BCUT2D eigenvalue weighted by molar-refractivity contribution is 7.19. The van der Waals surface area contributed by atoms with Crippen LogP contribution in [0.5, 0.6) is 0 Å². The van der Waals surface area contributed by atoms with Gasteiger partial charge in [-0.05, 0) is 19.1 Å². The van der Waals surface area contributed by atoms with Crippen molar-refractivity contribution in [3.63, 3.8) is 0 Å². The molecule has 0 N–H and O–H groups in total. The third-order valence-corrected chi connectivity index (χ3v) is 2.86. The average molecular weight is 176 g/mol. The molecule has 2 heteroatoms. The number of benzene rings is 1. The molecule has 12 heavy (non-hydrogen) atoms. The molecule has 1 nitrogen and oxygen atoms in total. The number of carbonyl (C=O) groups is 1. The molecule has 0 unspecified atom stereocenters. The Morgan fingerprint density at radius 3 is 3.00 bits per heavy atom. The van der Waals surface area contributed by atoms with Gasteiger partial charge >= 0.3 is 0 Å². The first-order valence-electron chi connectivity index (χ1n) is 3.75. The van der Waals surface area contributed by atoms with E-state index in [1.54, 1.807) is 11.3 Å². The van der Waals surface area contributed by atoms with Crippen LogP contribution in [0.25, 0.3) is 10.1 Å². The molecule has 0 aliphatic rings. The third kappa shape index (κ3) is 1.04. The molecule has 0 spiro atoms. The fourth-order valence-corrected chi connectivity index (χ4v) is 2.27. The number of carbonyl (C=O) groups excluding carboxylic acids is 1. The van der Waals surface area contributed by atoms with Crippen molar-refractivity contribution in [1.29, 1.82) is 0 Å². The summed E-state index contributed by atoms with van der Waals surface area (Å²) in [6, 6.07) is 7.87. The molecule has 0 bridgehead atoms. The molecule has 60 valence electrons. The number of hydrogen-bond acceptors (Lipinski definition) is 2. The number of thiophene rings is 1. The monoisotopic (exact) mass is 176 g/mol. The van der Waals surface area contributed by atoms with Crippen molar-refractivity contribution >= 4 is 27.7 Å². The summed E-state index contributed by atoms with van der Waals surface area (Å²) < 4.78 is 1.19. The summed E-state index contributed by atoms with van der Waals surface area (Å²) in [4.78, 5) is 11.9. The van der Waals surface area contributed by atoms with Crippen LogP contribution in [0.1, 0.15) is 15.2 Å². The summed E-state index contributed by atoms with van der Waals surface area (Å²) >= 11 is 1.72. The van der Waals surface area contributed by atoms with E-state index < -0.39 is 0 Å². The summed E-state index contributed by atoms with van der Waals surface area (Å²) in [5, 5.41) is 1.08. The van der Waals surface area contributed by atoms with Crippen LogP contribution in [0.3, 0.4) is 0 Å². The smallest absolute Gasteiger partial charge is 0.150 e. The Bertz CT molecular complexity index is 428. The average Bonchev–Trinajstić information content (AvgIpc) is 2.44. The van der Waals surface area contributed by atoms with Crippen LogP contribution in [-0.4, -0.2) is 6.29 Å². The van der Waals surface area contributed by atoms with E-state index in [0.717, 1.165) is 17.2 Å². The number of aldehydes is 1. The molecule has 0 radical (unpaired) electrons. The van der Waals surface area contributed by atoms with E-state index in [0.29, 0.717) is 0 Å². The van der Waals surface area contributed by atoms with Crippen molar-refractivity contribution in [3.05, 3.63) is 34.7 Å². The first-order chi connectivity index (χ1) is 5.81. The van der Waals surface area contributed by atoms with Crippen LogP contribution >= 0.6 is 11.3 Å². The highest BCUT2D eigenvalue weighted by Crippen LogP contribution is 2.26. The maximum Gasteiger partial charge on any atom is 0.150 e. The first kappa shape index (κ1) is 7.50. The van der Waals surface area contributed by atoms with Gasteiger partial charge in [0.25, 0.3) is 0 Å². The molecule has 0 aliphatic carbocycles. The maximum atomic E-state index is 10.6. The van der Waals surface area contributed by atoms with Gasteiger partial charge in [-0.15, -0.1) is 11.3 Å². The maximum absolute atomic E-state index is 10.6. The van der Waals surface area contributed by atoms with E-state index >= 15 is 0 Å². The van der Waals surface area contributed by atoms with Crippen LogP contribution in [0, 0.1) is 6.92 Å². The molecule has 1 aromatic heterocycles. The van der Waals surface area contributed by atoms with E-state index in [-0.39, 0.29) is 0 Å². The highest BCUT2D eigenvalue weighted by Gasteiger charge is 2.01. The predicted molar refractivity (Wildman–Crippen MR) is 51.9 cm³/mol. The summed E-state index contributed by atoms with van der Waals surface area (Å²) in [6.45, 7) is 2.05. The van der Waals surface area contributed by atoms with Gasteiger partial charge in [0.1, 0.15) is 0 Å². The molecular formula is C10H8OS. The summed E-state index contributed by atoms with van der Waals surface area (Å²) in [7, 11) is 0. The lowest BCUT2D eigenvalue weighted by Gasteiger charge is -1.90. The van der Waals surface area contributed by atoms with Gasteiger partial charge in [-0.25, -0.2) is 0 Å². The Morgan fingerprint density at radius 1 is 1.42 bits per heavy atom. The number of hydrogen-bond donors (Lipinski definition) is 0. The lowest BCUT2D eigenvalue weighted by Crippen LogP contribution is -1.77. The van der Waals surface area contributed by atoms with Crippen LogP contribution in [-0.2, 0) is 0 Å². The minimum absolute atomic E-state index is 0.789. The van der Waals surface area contributed by atoms with E-state index in [2.05, 4.69) is 13.0 Å². The fourth-order valence-electron chi connectivity index (χ4n) is 1.31. The largest absolute Gasteiger partial charge is 0.298 e. The molecule has 0 aliphatic heterocycles. The standard InChI is InChI=1S/C10H8OS/c1-7-5-9-8(6-11)3-2-4-10(9)12-7/h2-6H,1H3. The van der Waals surface area contributed by atoms with Crippen molar-refractivity contribution < 1.29 is 4.79 Å². The minimum atomic E-state index is 0.789. The molecular weight excluding hydrogens is 168 g/mol. The lowest BCUT2D eigenvalue weighted by atomic mass is 10.1. The zero-order valence-corrected chi connectivity index (χ0v) is 7.52. The summed E-state index contributed by atoms with van der Waals surface area (Å²) in [5.74, 6) is 0. The second-order valence-corrected chi connectivity index (χ2v) is 4.02. The van der Waals surface area contributed by atoms with Crippen molar-refractivity contribution in [1.82, 2.24) is 0 Å². The van der Waals surface area contributed by atoms with Crippen LogP contribution in [0.15, 0.2) is 24.3 Å². The van der Waals surface area contributed by atoms with Crippen LogP contribution in [0.2, 0.25) is 0 Å². The second kappa shape index (κ2) is 2.72. The number of aryl methyl sites for hydroxylation is 1. The van der Waals surface area contributed by atoms with Crippen molar-refractivity contribution in [3.8, 4) is 0 Å². The lowest BCUT2D eigenvalue weighted by molar-refractivity contribution is 0.112. The highest BCUT2D eigenvalue weighted by atomic mass is 32.1. The Morgan fingerprint density at radius 2 is 2.25 bits per heavy atom. The Labute approximate surface area is 74.6 Å². The van der Waals surface area contributed by atoms with Gasteiger partial charge in [-0.3, -0.25) is 4.79 Å². The summed E-state index contributed by atoms with van der Waals surface area (Å²) in [6.07, 6.45) is 0.911. The SMILES string of the molecule is Cc1cc2c(C=O)cccc2s1. The molecule has 0 fully saturated rings. The molecule has 1 heterocycles.